The van der Waals surface area contributed by atoms with Gasteiger partial charge in [0.05, 0.1) is 14.2 Å². The Bertz CT molecular complexity index is 529. The van der Waals surface area contributed by atoms with Gasteiger partial charge >= 0.3 is 58.1 Å². The summed E-state index contributed by atoms with van der Waals surface area (Å²) >= 11 is 0. The maximum Gasteiger partial charge on any atom is 1.00 e. The first kappa shape index (κ1) is 17.7. The molecule has 2 rings (SSSR count). The van der Waals surface area contributed by atoms with E-state index in [-0.39, 0.29) is 62.3 Å². The van der Waals surface area contributed by atoms with Crippen LogP contribution in [0.2, 0.25) is 0 Å². The number of hydrogen-bond acceptors (Lipinski definition) is 2. The van der Waals surface area contributed by atoms with E-state index in [9.17, 15) is 8.63 Å². The van der Waals surface area contributed by atoms with Crippen LogP contribution in [-0.4, -0.2) is 20.9 Å². The first-order chi connectivity index (χ1) is 9.07. The quantitative estimate of drug-likeness (QED) is 0.689. The van der Waals surface area contributed by atoms with Crippen molar-refractivity contribution in [2.75, 3.05) is 14.2 Å². The molecule has 20 heavy (non-hydrogen) atoms. The van der Waals surface area contributed by atoms with E-state index >= 15 is 0 Å². The second kappa shape index (κ2) is 7.56. The second-order valence-corrected chi connectivity index (χ2v) is 4.22. The molecule has 0 atom stereocenters. The molecule has 0 saturated carbocycles. The number of hydrogen-bond donors (Lipinski definition) is 0. The molecule has 0 amide bonds. The maximum atomic E-state index is 14.5. The summed E-state index contributed by atoms with van der Waals surface area (Å²) in [5.41, 5.74) is -0.0970. The van der Waals surface area contributed by atoms with E-state index in [1.165, 1.54) is 38.5 Å². The molecule has 0 aliphatic rings. The van der Waals surface area contributed by atoms with Gasteiger partial charge in [0.15, 0.2) is 0 Å². The first-order valence-corrected chi connectivity index (χ1v) is 5.88. The van der Waals surface area contributed by atoms with E-state index < -0.39 is 6.70 Å². The van der Waals surface area contributed by atoms with Crippen molar-refractivity contribution in [1.82, 2.24) is 0 Å². The van der Waals surface area contributed by atoms with Gasteiger partial charge in [-0.1, -0.05) is 24.3 Å². The van der Waals surface area contributed by atoms with Gasteiger partial charge in [0.1, 0.15) is 11.5 Å². The van der Waals surface area contributed by atoms with E-state index in [4.69, 9.17) is 9.47 Å². The topological polar surface area (TPSA) is 18.5 Å². The van der Waals surface area contributed by atoms with E-state index in [1.807, 2.05) is 0 Å². The normalized spacial score (nSPS) is 10.6. The minimum atomic E-state index is -3.82. The van der Waals surface area contributed by atoms with Crippen LogP contribution in [0.5, 0.6) is 11.5 Å². The van der Waals surface area contributed by atoms with Crippen LogP contribution in [0.4, 0.5) is 8.63 Å². The zero-order chi connectivity index (χ0) is 13.9. The monoisotopic (exact) mass is 302 g/mol. The SMILES string of the molecule is COc1cccc([B-](F)(F)c2cccc(OC)c2)c1.[K+]. The van der Waals surface area contributed by atoms with Crippen LogP contribution in [0.15, 0.2) is 48.5 Å². The fourth-order valence-electron chi connectivity index (χ4n) is 1.93. The summed E-state index contributed by atoms with van der Waals surface area (Å²) < 4.78 is 38.9. The van der Waals surface area contributed by atoms with Crippen molar-refractivity contribution in [3.05, 3.63) is 48.5 Å². The Balaban J connectivity index is 0.00000200. The third-order valence-electron chi connectivity index (χ3n) is 3.02. The third-order valence-corrected chi connectivity index (χ3v) is 3.02. The summed E-state index contributed by atoms with van der Waals surface area (Å²) in [5, 5.41) is 0. The Morgan fingerprint density at radius 3 is 1.55 bits per heavy atom. The molecule has 0 aliphatic heterocycles. The molecule has 2 aromatic rings. The minimum absolute atomic E-state index is 0. The molecule has 0 fully saturated rings. The van der Waals surface area contributed by atoms with E-state index in [0.717, 1.165) is 0 Å². The Hall–Kier alpha value is -0.399. The van der Waals surface area contributed by atoms with Crippen LogP contribution in [0, 0.1) is 0 Å². The summed E-state index contributed by atoms with van der Waals surface area (Å²) in [7, 11) is 2.91. The Morgan fingerprint density at radius 2 is 1.20 bits per heavy atom. The molecule has 0 aliphatic carbocycles. The van der Waals surface area contributed by atoms with Crippen LogP contribution in [0.1, 0.15) is 0 Å². The zero-order valence-electron chi connectivity index (χ0n) is 11.8. The number of ether oxygens (including phenoxy) is 2. The van der Waals surface area contributed by atoms with E-state index in [0.29, 0.717) is 11.5 Å². The van der Waals surface area contributed by atoms with Gasteiger partial charge in [-0.3, -0.25) is 0 Å². The molecule has 6 heteroatoms. The third kappa shape index (κ3) is 3.83. The molecule has 0 spiro atoms. The van der Waals surface area contributed by atoms with Crippen molar-refractivity contribution in [2.45, 2.75) is 0 Å². The molecule has 0 unspecified atom stereocenters. The van der Waals surface area contributed by atoms with Gasteiger partial charge in [0.25, 0.3) is 0 Å². The van der Waals surface area contributed by atoms with Crippen LogP contribution < -0.4 is 71.8 Å². The molecule has 0 bridgehead atoms. The molecule has 0 N–H and O–H groups in total. The molecular formula is C14H14BF2KO2. The summed E-state index contributed by atoms with van der Waals surface area (Å²) in [6, 6.07) is 11.9. The average Bonchev–Trinajstić information content (AvgIpc) is 2.47. The number of rotatable bonds is 4. The Kier molecular flexibility index (Phi) is 6.68. The van der Waals surface area contributed by atoms with Crippen molar-refractivity contribution >= 4 is 17.6 Å². The summed E-state index contributed by atoms with van der Waals surface area (Å²) in [6.07, 6.45) is 0. The standard InChI is InChI=1S/C14H14BF2O2.K/c1-18-13-7-3-5-11(9-13)15(16,17)12-6-4-8-14(10-12)19-2;/h3-10H,1-2H3;/q-1;+1. The van der Waals surface area contributed by atoms with Crippen LogP contribution in [0.3, 0.4) is 0 Å². The van der Waals surface area contributed by atoms with E-state index in [1.54, 1.807) is 24.3 Å². The van der Waals surface area contributed by atoms with Crippen LogP contribution in [-0.2, 0) is 0 Å². The number of halogens is 2. The second-order valence-electron chi connectivity index (χ2n) is 4.22. The molecule has 0 aromatic heterocycles. The van der Waals surface area contributed by atoms with Gasteiger partial charge in [0.2, 0.25) is 0 Å². The Labute approximate surface area is 159 Å². The fraction of sp³-hybridized carbons (Fsp3) is 0.143. The number of methoxy groups -OCH3 is 2. The van der Waals surface area contributed by atoms with E-state index in [2.05, 4.69) is 0 Å². The molecule has 2 nitrogen and oxygen atoms in total. The molecule has 2 aromatic carbocycles. The molecule has 100 valence electrons. The van der Waals surface area contributed by atoms with Gasteiger partial charge in [-0.25, -0.2) is 0 Å². The fourth-order valence-corrected chi connectivity index (χ4v) is 1.93. The summed E-state index contributed by atoms with van der Waals surface area (Å²) in [4.78, 5) is 0. The first-order valence-electron chi connectivity index (χ1n) is 5.88. The van der Waals surface area contributed by atoms with Gasteiger partial charge in [-0.2, -0.15) is 0 Å². The Morgan fingerprint density at radius 1 is 0.800 bits per heavy atom. The van der Waals surface area contributed by atoms with Crippen molar-refractivity contribution in [2.24, 2.45) is 0 Å². The molecule has 0 saturated heterocycles. The minimum Gasteiger partial charge on any atom is -0.497 e. The van der Waals surface area contributed by atoms with Gasteiger partial charge in [-0.05, 0) is 24.3 Å². The smallest absolute Gasteiger partial charge is 0.497 e. The molecular weight excluding hydrogens is 288 g/mol. The van der Waals surface area contributed by atoms with Crippen molar-refractivity contribution in [3.8, 4) is 11.5 Å². The van der Waals surface area contributed by atoms with Crippen molar-refractivity contribution < 1.29 is 69.5 Å². The van der Waals surface area contributed by atoms with Crippen molar-refractivity contribution in [3.63, 3.8) is 0 Å². The van der Waals surface area contributed by atoms with Gasteiger partial charge in [0, 0.05) is 0 Å². The average molecular weight is 302 g/mol. The van der Waals surface area contributed by atoms with Gasteiger partial charge < -0.3 is 18.1 Å². The predicted octanol–water partition coefficient (Wildman–Crippen LogP) is -0.797. The largest absolute Gasteiger partial charge is 1.00 e. The molecule has 0 radical (unpaired) electrons. The summed E-state index contributed by atoms with van der Waals surface area (Å²) in [5.74, 6) is 0.837. The predicted molar refractivity (Wildman–Crippen MR) is 73.2 cm³/mol. The maximum absolute atomic E-state index is 14.5. The van der Waals surface area contributed by atoms with Crippen LogP contribution in [0.25, 0.3) is 0 Å². The number of benzene rings is 2. The zero-order valence-corrected chi connectivity index (χ0v) is 14.9. The van der Waals surface area contributed by atoms with Crippen molar-refractivity contribution in [1.29, 1.82) is 0 Å². The van der Waals surface area contributed by atoms with Crippen LogP contribution >= 0.6 is 0 Å². The summed E-state index contributed by atoms with van der Waals surface area (Å²) in [6.45, 7) is -3.82. The molecule has 0 heterocycles. The van der Waals surface area contributed by atoms with Gasteiger partial charge in [-0.15, -0.1) is 10.9 Å².